The van der Waals surface area contributed by atoms with Gasteiger partial charge in [0.05, 0.1) is 6.54 Å². The van der Waals surface area contributed by atoms with Gasteiger partial charge in [0.1, 0.15) is 0 Å². The minimum absolute atomic E-state index is 0.0104. The smallest absolute Gasteiger partial charge is 0.253 e. The highest BCUT2D eigenvalue weighted by atomic mass is 16.2. The highest BCUT2D eigenvalue weighted by molar-refractivity contribution is 5.95. The second-order valence-electron chi connectivity index (χ2n) is 6.04. The number of nitrogens with zero attached hydrogens (tertiary/aromatic N) is 1. The molecule has 1 aliphatic carbocycles. The number of benzene rings is 1. The lowest BCUT2D eigenvalue weighted by Crippen LogP contribution is -2.39. The topological polar surface area (TPSA) is 61.4 Å². The zero-order valence-electron chi connectivity index (χ0n) is 13.4. The number of hydrogen-bond donors (Lipinski definition) is 2. The van der Waals surface area contributed by atoms with Gasteiger partial charge in [-0.1, -0.05) is 25.3 Å². The molecule has 5 heteroatoms. The van der Waals surface area contributed by atoms with E-state index in [0.29, 0.717) is 11.6 Å². The first-order valence-corrected chi connectivity index (χ1v) is 7.91. The third-order valence-electron chi connectivity index (χ3n) is 3.94. The number of anilines is 1. The minimum Gasteiger partial charge on any atom is -0.376 e. The van der Waals surface area contributed by atoms with Gasteiger partial charge in [-0.05, 0) is 31.0 Å². The van der Waals surface area contributed by atoms with Gasteiger partial charge in [0, 0.05) is 31.4 Å². The molecule has 0 spiro atoms. The molecule has 0 heterocycles. The Labute approximate surface area is 132 Å². The number of hydrogen-bond acceptors (Lipinski definition) is 3. The molecule has 1 aromatic rings. The average Bonchev–Trinajstić information content (AvgIpc) is 2.53. The van der Waals surface area contributed by atoms with E-state index in [0.717, 1.165) is 18.5 Å². The maximum atomic E-state index is 12.0. The fraction of sp³-hybridized carbons (Fsp3) is 0.529. The molecule has 2 amide bonds. The molecule has 1 fully saturated rings. The van der Waals surface area contributed by atoms with Crippen molar-refractivity contribution in [3.8, 4) is 0 Å². The Kier molecular flexibility index (Phi) is 5.81. The molecule has 0 bridgehead atoms. The largest absolute Gasteiger partial charge is 0.376 e. The van der Waals surface area contributed by atoms with Gasteiger partial charge in [-0.3, -0.25) is 9.59 Å². The Balaban J connectivity index is 1.84. The van der Waals surface area contributed by atoms with Crippen LogP contribution in [0.1, 0.15) is 42.5 Å². The van der Waals surface area contributed by atoms with Crippen LogP contribution < -0.4 is 10.6 Å². The Morgan fingerprint density at radius 1 is 1.18 bits per heavy atom. The SMILES string of the molecule is CN(C)C(=O)c1cccc(NCC(=O)NC2CCCCC2)c1. The monoisotopic (exact) mass is 303 g/mol. The molecule has 1 aliphatic rings. The molecule has 5 nitrogen and oxygen atoms in total. The molecule has 0 atom stereocenters. The van der Waals surface area contributed by atoms with E-state index in [1.807, 2.05) is 12.1 Å². The average molecular weight is 303 g/mol. The first-order chi connectivity index (χ1) is 10.6. The lowest BCUT2D eigenvalue weighted by molar-refractivity contribution is -0.120. The lowest BCUT2D eigenvalue weighted by atomic mass is 9.95. The number of carbonyl (C=O) groups is 2. The van der Waals surface area contributed by atoms with Gasteiger partial charge in [-0.25, -0.2) is 0 Å². The molecule has 0 aromatic heterocycles. The summed E-state index contributed by atoms with van der Waals surface area (Å²) >= 11 is 0. The summed E-state index contributed by atoms with van der Waals surface area (Å²) < 4.78 is 0. The molecule has 0 unspecified atom stereocenters. The van der Waals surface area contributed by atoms with Crippen molar-refractivity contribution in [2.45, 2.75) is 38.1 Å². The fourth-order valence-electron chi connectivity index (χ4n) is 2.73. The summed E-state index contributed by atoms with van der Waals surface area (Å²) in [5.74, 6) is -0.0356. The van der Waals surface area contributed by atoms with Crippen molar-refractivity contribution in [2.75, 3.05) is 26.0 Å². The van der Waals surface area contributed by atoms with Crippen molar-refractivity contribution in [2.24, 2.45) is 0 Å². The van der Waals surface area contributed by atoms with Crippen LogP contribution in [-0.2, 0) is 4.79 Å². The van der Waals surface area contributed by atoms with E-state index >= 15 is 0 Å². The van der Waals surface area contributed by atoms with Gasteiger partial charge in [-0.15, -0.1) is 0 Å². The van der Waals surface area contributed by atoms with E-state index < -0.39 is 0 Å². The Morgan fingerprint density at radius 2 is 1.91 bits per heavy atom. The summed E-state index contributed by atoms with van der Waals surface area (Å²) in [6, 6.07) is 7.55. The predicted molar refractivity (Wildman–Crippen MR) is 88.0 cm³/mol. The molecule has 0 radical (unpaired) electrons. The molecule has 1 saturated carbocycles. The van der Waals surface area contributed by atoms with E-state index in [9.17, 15) is 9.59 Å². The van der Waals surface area contributed by atoms with Crippen LogP contribution >= 0.6 is 0 Å². The quantitative estimate of drug-likeness (QED) is 0.877. The van der Waals surface area contributed by atoms with Crippen LogP contribution in [0.15, 0.2) is 24.3 Å². The summed E-state index contributed by atoms with van der Waals surface area (Å²) in [7, 11) is 3.44. The van der Waals surface area contributed by atoms with E-state index in [1.54, 1.807) is 26.2 Å². The van der Waals surface area contributed by atoms with Crippen LogP contribution in [0, 0.1) is 0 Å². The maximum Gasteiger partial charge on any atom is 0.253 e. The number of amides is 2. The highest BCUT2D eigenvalue weighted by Gasteiger charge is 2.15. The number of nitrogens with one attached hydrogen (secondary N) is 2. The Hall–Kier alpha value is -2.04. The van der Waals surface area contributed by atoms with Crippen LogP contribution in [0.25, 0.3) is 0 Å². The zero-order valence-corrected chi connectivity index (χ0v) is 13.4. The van der Waals surface area contributed by atoms with Crippen LogP contribution in [0.4, 0.5) is 5.69 Å². The second kappa shape index (κ2) is 7.82. The van der Waals surface area contributed by atoms with Gasteiger partial charge in [-0.2, -0.15) is 0 Å². The first kappa shape index (κ1) is 16.3. The zero-order chi connectivity index (χ0) is 15.9. The van der Waals surface area contributed by atoms with Crippen molar-refractivity contribution >= 4 is 17.5 Å². The van der Waals surface area contributed by atoms with Crippen molar-refractivity contribution in [1.82, 2.24) is 10.2 Å². The van der Waals surface area contributed by atoms with Crippen LogP contribution in [0.2, 0.25) is 0 Å². The third-order valence-corrected chi connectivity index (χ3v) is 3.94. The molecule has 22 heavy (non-hydrogen) atoms. The van der Waals surface area contributed by atoms with Crippen molar-refractivity contribution in [3.63, 3.8) is 0 Å². The third kappa shape index (κ3) is 4.76. The van der Waals surface area contributed by atoms with Crippen molar-refractivity contribution < 1.29 is 9.59 Å². The lowest BCUT2D eigenvalue weighted by Gasteiger charge is -2.22. The maximum absolute atomic E-state index is 12.0. The summed E-state index contributed by atoms with van der Waals surface area (Å²) in [6.45, 7) is 0.232. The Bertz CT molecular complexity index is 522. The van der Waals surface area contributed by atoms with E-state index in [-0.39, 0.29) is 18.4 Å². The molecular weight excluding hydrogens is 278 g/mol. The predicted octanol–water partition coefficient (Wildman–Crippen LogP) is 2.25. The Morgan fingerprint density at radius 3 is 2.59 bits per heavy atom. The molecule has 1 aromatic carbocycles. The van der Waals surface area contributed by atoms with Crippen LogP contribution in [-0.4, -0.2) is 43.4 Å². The molecule has 2 rings (SSSR count). The minimum atomic E-state index is -0.0460. The van der Waals surface area contributed by atoms with E-state index in [4.69, 9.17) is 0 Å². The first-order valence-electron chi connectivity index (χ1n) is 7.91. The summed E-state index contributed by atoms with van der Waals surface area (Å²) in [5, 5.41) is 6.15. The van der Waals surface area contributed by atoms with Gasteiger partial charge in [0.15, 0.2) is 0 Å². The molecule has 0 saturated heterocycles. The molecular formula is C17H25N3O2. The number of rotatable bonds is 5. The summed E-state index contributed by atoms with van der Waals surface area (Å²) in [4.78, 5) is 25.4. The van der Waals surface area contributed by atoms with E-state index in [2.05, 4.69) is 10.6 Å². The fourth-order valence-corrected chi connectivity index (χ4v) is 2.73. The molecule has 0 aliphatic heterocycles. The second-order valence-corrected chi connectivity index (χ2v) is 6.04. The number of carbonyl (C=O) groups excluding carboxylic acids is 2. The van der Waals surface area contributed by atoms with Crippen LogP contribution in [0.3, 0.4) is 0 Å². The standard InChI is InChI=1S/C17H25N3O2/c1-20(2)17(22)13-7-6-10-15(11-13)18-12-16(21)19-14-8-4-3-5-9-14/h6-7,10-11,14,18H,3-5,8-9,12H2,1-2H3,(H,19,21). The normalized spacial score (nSPS) is 15.2. The molecule has 2 N–H and O–H groups in total. The summed E-state index contributed by atoms with van der Waals surface area (Å²) in [5.41, 5.74) is 1.40. The molecule has 120 valence electrons. The summed E-state index contributed by atoms with van der Waals surface area (Å²) in [6.07, 6.45) is 5.84. The van der Waals surface area contributed by atoms with Crippen molar-refractivity contribution in [1.29, 1.82) is 0 Å². The highest BCUT2D eigenvalue weighted by Crippen LogP contribution is 2.17. The van der Waals surface area contributed by atoms with Gasteiger partial charge < -0.3 is 15.5 Å². The van der Waals surface area contributed by atoms with Gasteiger partial charge >= 0.3 is 0 Å². The van der Waals surface area contributed by atoms with Gasteiger partial charge in [0.2, 0.25) is 5.91 Å². The van der Waals surface area contributed by atoms with Crippen LogP contribution in [0.5, 0.6) is 0 Å². The van der Waals surface area contributed by atoms with E-state index in [1.165, 1.54) is 24.2 Å². The van der Waals surface area contributed by atoms with Crippen molar-refractivity contribution in [3.05, 3.63) is 29.8 Å². The van der Waals surface area contributed by atoms with Gasteiger partial charge in [0.25, 0.3) is 5.91 Å².